The Morgan fingerprint density at radius 3 is 2.61 bits per heavy atom. The normalized spacial score (nSPS) is 12.2. The lowest BCUT2D eigenvalue weighted by Crippen LogP contribution is -2.44. The Labute approximate surface area is 109 Å². The Morgan fingerprint density at radius 2 is 2.00 bits per heavy atom. The molecule has 0 radical (unpaired) electrons. The van der Waals surface area contributed by atoms with E-state index in [2.05, 4.69) is 5.32 Å². The number of hydrogen-bond acceptors (Lipinski definition) is 3. The Balaban J connectivity index is 2.11. The van der Waals surface area contributed by atoms with Crippen LogP contribution in [0.15, 0.2) is 30.3 Å². The fraction of sp³-hybridized carbons (Fsp3) is 0.500. The maximum Gasteiger partial charge on any atom is 0.237 e. The molecule has 0 heterocycles. The molecule has 1 aromatic carbocycles. The molecule has 0 unspecified atom stereocenters. The van der Waals surface area contributed by atoms with Crippen LogP contribution in [0.25, 0.3) is 0 Å². The van der Waals surface area contributed by atoms with Gasteiger partial charge in [0.25, 0.3) is 0 Å². The summed E-state index contributed by atoms with van der Waals surface area (Å²) in [6.45, 7) is 5.04. The van der Waals surface area contributed by atoms with Gasteiger partial charge in [0.15, 0.2) is 0 Å². The molecule has 1 amide bonds. The molecule has 0 aliphatic carbocycles. The fourth-order valence-electron chi connectivity index (χ4n) is 1.41. The third-order valence-corrected chi connectivity index (χ3v) is 2.65. The third-order valence-electron chi connectivity index (χ3n) is 2.65. The van der Waals surface area contributed by atoms with Crippen molar-refractivity contribution >= 4 is 5.91 Å². The van der Waals surface area contributed by atoms with Crippen LogP contribution in [0.5, 0.6) is 5.75 Å². The molecule has 0 aromatic heterocycles. The lowest BCUT2D eigenvalue weighted by Gasteiger charge is -2.15. The third kappa shape index (κ3) is 5.19. The van der Waals surface area contributed by atoms with Crippen LogP contribution in [0.3, 0.4) is 0 Å². The van der Waals surface area contributed by atoms with Crippen molar-refractivity contribution in [1.82, 2.24) is 5.32 Å². The number of amides is 1. The van der Waals surface area contributed by atoms with Gasteiger partial charge in [0, 0.05) is 6.54 Å². The molecule has 3 N–H and O–H groups in total. The lowest BCUT2D eigenvalue weighted by molar-refractivity contribution is -0.123. The van der Waals surface area contributed by atoms with Crippen molar-refractivity contribution < 1.29 is 9.53 Å². The molecule has 0 bridgehead atoms. The van der Waals surface area contributed by atoms with Gasteiger partial charge in [-0.25, -0.2) is 0 Å². The van der Waals surface area contributed by atoms with Crippen LogP contribution in [0, 0.1) is 5.92 Å². The molecule has 0 fully saturated rings. The predicted molar refractivity (Wildman–Crippen MR) is 72.4 cm³/mol. The van der Waals surface area contributed by atoms with Crippen molar-refractivity contribution in [3.8, 4) is 5.75 Å². The van der Waals surface area contributed by atoms with Gasteiger partial charge in [0.05, 0.1) is 12.6 Å². The number of carbonyl (C=O) groups is 1. The predicted octanol–water partition coefficient (Wildman–Crippen LogP) is 1.55. The Bertz CT molecular complexity index is 352. The van der Waals surface area contributed by atoms with Crippen molar-refractivity contribution in [2.24, 2.45) is 11.7 Å². The number of rotatable bonds is 7. The van der Waals surface area contributed by atoms with E-state index in [9.17, 15) is 4.79 Å². The highest BCUT2D eigenvalue weighted by molar-refractivity contribution is 5.81. The first-order valence-electron chi connectivity index (χ1n) is 6.32. The maximum atomic E-state index is 11.5. The molecule has 1 rings (SSSR count). The molecule has 0 saturated carbocycles. The van der Waals surface area contributed by atoms with E-state index in [1.54, 1.807) is 0 Å². The maximum absolute atomic E-state index is 11.5. The summed E-state index contributed by atoms with van der Waals surface area (Å²) in [5.74, 6) is 0.915. The average molecular weight is 250 g/mol. The zero-order valence-electron chi connectivity index (χ0n) is 11.1. The second kappa shape index (κ2) is 7.71. The number of benzene rings is 1. The van der Waals surface area contributed by atoms with Crippen LogP contribution in [-0.2, 0) is 4.79 Å². The van der Waals surface area contributed by atoms with Gasteiger partial charge in [-0.3, -0.25) is 4.79 Å². The molecule has 0 aliphatic heterocycles. The Kier molecular flexibility index (Phi) is 6.22. The lowest BCUT2D eigenvalue weighted by atomic mass is 10.1. The molecular formula is C14H22N2O2. The van der Waals surface area contributed by atoms with E-state index >= 15 is 0 Å². The fourth-order valence-corrected chi connectivity index (χ4v) is 1.41. The highest BCUT2D eigenvalue weighted by Gasteiger charge is 2.15. The van der Waals surface area contributed by atoms with E-state index in [0.717, 1.165) is 12.2 Å². The Hall–Kier alpha value is -1.55. The minimum Gasteiger partial charge on any atom is -0.494 e. The van der Waals surface area contributed by atoms with E-state index < -0.39 is 6.04 Å². The smallest absolute Gasteiger partial charge is 0.237 e. The van der Waals surface area contributed by atoms with Gasteiger partial charge in [-0.2, -0.15) is 0 Å². The SMILES string of the molecule is CC(C)[C@@H](N)C(=O)NCCCOc1ccccc1. The van der Waals surface area contributed by atoms with E-state index in [4.69, 9.17) is 10.5 Å². The zero-order valence-corrected chi connectivity index (χ0v) is 11.1. The highest BCUT2D eigenvalue weighted by atomic mass is 16.5. The first-order valence-corrected chi connectivity index (χ1v) is 6.32. The molecule has 4 nitrogen and oxygen atoms in total. The van der Waals surface area contributed by atoms with Gasteiger partial charge in [0.2, 0.25) is 5.91 Å². The Morgan fingerprint density at radius 1 is 1.33 bits per heavy atom. The van der Waals surface area contributed by atoms with E-state index in [0.29, 0.717) is 13.2 Å². The largest absolute Gasteiger partial charge is 0.494 e. The monoisotopic (exact) mass is 250 g/mol. The average Bonchev–Trinajstić information content (AvgIpc) is 2.38. The quantitative estimate of drug-likeness (QED) is 0.722. The second-order valence-corrected chi connectivity index (χ2v) is 4.58. The van der Waals surface area contributed by atoms with Crippen molar-refractivity contribution in [3.63, 3.8) is 0 Å². The van der Waals surface area contributed by atoms with Crippen molar-refractivity contribution in [2.75, 3.05) is 13.2 Å². The summed E-state index contributed by atoms with van der Waals surface area (Å²) in [5, 5.41) is 2.81. The number of nitrogens with one attached hydrogen (secondary N) is 1. The number of ether oxygens (including phenoxy) is 1. The molecule has 18 heavy (non-hydrogen) atoms. The van der Waals surface area contributed by atoms with Crippen LogP contribution >= 0.6 is 0 Å². The van der Waals surface area contributed by atoms with Gasteiger partial charge < -0.3 is 15.8 Å². The summed E-state index contributed by atoms with van der Waals surface area (Å²) >= 11 is 0. The molecule has 1 atom stereocenters. The summed E-state index contributed by atoms with van der Waals surface area (Å²) in [4.78, 5) is 11.5. The van der Waals surface area contributed by atoms with Gasteiger partial charge in [-0.15, -0.1) is 0 Å². The molecule has 0 aliphatic rings. The van der Waals surface area contributed by atoms with E-state index in [1.807, 2.05) is 44.2 Å². The van der Waals surface area contributed by atoms with Gasteiger partial charge in [-0.05, 0) is 24.5 Å². The van der Waals surface area contributed by atoms with Gasteiger partial charge in [0.1, 0.15) is 5.75 Å². The van der Waals surface area contributed by atoms with Crippen molar-refractivity contribution in [3.05, 3.63) is 30.3 Å². The van der Waals surface area contributed by atoms with E-state index in [-0.39, 0.29) is 11.8 Å². The van der Waals surface area contributed by atoms with Crippen LogP contribution in [0.4, 0.5) is 0 Å². The van der Waals surface area contributed by atoms with Gasteiger partial charge in [-0.1, -0.05) is 32.0 Å². The first kappa shape index (κ1) is 14.5. The molecule has 0 saturated heterocycles. The minimum absolute atomic E-state index is 0.0929. The molecule has 4 heteroatoms. The van der Waals surface area contributed by atoms with E-state index in [1.165, 1.54) is 0 Å². The topological polar surface area (TPSA) is 64.4 Å². The number of hydrogen-bond donors (Lipinski definition) is 2. The number of carbonyl (C=O) groups excluding carboxylic acids is 1. The zero-order chi connectivity index (χ0) is 13.4. The number of nitrogens with two attached hydrogens (primary N) is 1. The summed E-state index contributed by atoms with van der Waals surface area (Å²) in [5.41, 5.74) is 5.72. The second-order valence-electron chi connectivity index (χ2n) is 4.58. The highest BCUT2D eigenvalue weighted by Crippen LogP contribution is 2.08. The first-order chi connectivity index (χ1) is 8.61. The minimum atomic E-state index is -0.431. The summed E-state index contributed by atoms with van der Waals surface area (Å²) in [7, 11) is 0. The standard InChI is InChI=1S/C14H22N2O2/c1-11(2)13(15)14(17)16-9-6-10-18-12-7-4-3-5-8-12/h3-5,7-8,11,13H,6,9-10,15H2,1-2H3,(H,16,17)/t13-/m1/s1. The molecule has 0 spiro atoms. The summed E-state index contributed by atoms with van der Waals surface area (Å²) in [6.07, 6.45) is 0.769. The van der Waals surface area contributed by atoms with Crippen molar-refractivity contribution in [2.45, 2.75) is 26.3 Å². The van der Waals surface area contributed by atoms with Crippen LogP contribution < -0.4 is 15.8 Å². The van der Waals surface area contributed by atoms with Crippen LogP contribution in [-0.4, -0.2) is 25.1 Å². The van der Waals surface area contributed by atoms with Crippen LogP contribution in [0.2, 0.25) is 0 Å². The molecule has 1 aromatic rings. The molecule has 100 valence electrons. The number of para-hydroxylation sites is 1. The van der Waals surface area contributed by atoms with Crippen molar-refractivity contribution in [1.29, 1.82) is 0 Å². The van der Waals surface area contributed by atoms with Gasteiger partial charge >= 0.3 is 0 Å². The van der Waals surface area contributed by atoms with Crippen LogP contribution in [0.1, 0.15) is 20.3 Å². The molecular weight excluding hydrogens is 228 g/mol. The summed E-state index contributed by atoms with van der Waals surface area (Å²) in [6, 6.07) is 9.19. The summed E-state index contributed by atoms with van der Waals surface area (Å²) < 4.78 is 5.51.